The lowest BCUT2D eigenvalue weighted by atomic mass is 10.2. The second-order valence-electron chi connectivity index (χ2n) is 5.77. The van der Waals surface area contributed by atoms with Crippen LogP contribution in [0.4, 0.5) is 0 Å². The Bertz CT molecular complexity index is 781. The highest BCUT2D eigenvalue weighted by atomic mass is 16.5. The Balaban J connectivity index is 1.38. The van der Waals surface area contributed by atoms with E-state index in [2.05, 4.69) is 37.5 Å². The minimum absolute atomic E-state index is 0.146. The fraction of sp³-hybridized carbons (Fsp3) is 0.467. The van der Waals surface area contributed by atoms with Gasteiger partial charge in [-0.25, -0.2) is 0 Å². The molecule has 0 saturated carbocycles. The van der Waals surface area contributed by atoms with Gasteiger partial charge < -0.3 is 18.8 Å². The molecule has 1 atom stereocenters. The minimum atomic E-state index is 0.146. The van der Waals surface area contributed by atoms with Gasteiger partial charge in [-0.1, -0.05) is 10.3 Å². The molecule has 1 unspecified atom stereocenters. The lowest BCUT2D eigenvalue weighted by Gasteiger charge is -2.30. The number of aryl methyl sites for hydroxylation is 2. The summed E-state index contributed by atoms with van der Waals surface area (Å²) in [6, 6.07) is 1.93. The molecule has 0 radical (unpaired) electrons. The van der Waals surface area contributed by atoms with E-state index < -0.39 is 0 Å². The van der Waals surface area contributed by atoms with Gasteiger partial charge in [0.25, 0.3) is 0 Å². The van der Waals surface area contributed by atoms with Gasteiger partial charge in [0.2, 0.25) is 17.6 Å². The van der Waals surface area contributed by atoms with Crippen LogP contribution >= 0.6 is 0 Å². The largest absolute Gasteiger partial charge is 0.472 e. The van der Waals surface area contributed by atoms with Gasteiger partial charge in [0.15, 0.2) is 5.82 Å². The summed E-state index contributed by atoms with van der Waals surface area (Å²) >= 11 is 0. The number of rotatable bonds is 5. The highest BCUT2D eigenvalue weighted by Crippen LogP contribution is 2.19. The van der Waals surface area contributed by atoms with Crippen LogP contribution in [0, 0.1) is 0 Å². The van der Waals surface area contributed by atoms with E-state index in [-0.39, 0.29) is 6.04 Å². The van der Waals surface area contributed by atoms with Gasteiger partial charge in [-0.2, -0.15) is 9.97 Å². The summed E-state index contributed by atoms with van der Waals surface area (Å²) in [5.41, 5.74) is 0.790. The number of nitrogens with one attached hydrogen (secondary N) is 1. The van der Waals surface area contributed by atoms with E-state index in [4.69, 9.17) is 13.5 Å². The Hall–Kier alpha value is -2.52. The molecule has 9 heteroatoms. The van der Waals surface area contributed by atoms with Gasteiger partial charge in [-0.3, -0.25) is 4.90 Å². The number of nitrogens with zero attached hydrogens (tertiary/aromatic N) is 5. The summed E-state index contributed by atoms with van der Waals surface area (Å²) in [5.74, 6) is 2.33. The van der Waals surface area contributed by atoms with Crippen molar-refractivity contribution in [1.29, 1.82) is 0 Å². The molecule has 1 saturated heterocycles. The average molecular weight is 330 g/mol. The van der Waals surface area contributed by atoms with E-state index in [1.54, 1.807) is 18.6 Å². The van der Waals surface area contributed by atoms with Crippen molar-refractivity contribution >= 4 is 0 Å². The monoisotopic (exact) mass is 330 g/mol. The predicted molar refractivity (Wildman–Crippen MR) is 81.9 cm³/mol. The van der Waals surface area contributed by atoms with Crippen molar-refractivity contribution in [1.82, 2.24) is 30.5 Å². The maximum Gasteiger partial charge on any atom is 0.227 e. The summed E-state index contributed by atoms with van der Waals surface area (Å²) in [5, 5.41) is 11.4. The van der Waals surface area contributed by atoms with Crippen LogP contribution in [0.3, 0.4) is 0 Å². The van der Waals surface area contributed by atoms with Crippen molar-refractivity contribution in [3.63, 3.8) is 0 Å². The zero-order valence-electron chi connectivity index (χ0n) is 13.3. The Labute approximate surface area is 138 Å². The van der Waals surface area contributed by atoms with Crippen molar-refractivity contribution in [2.45, 2.75) is 18.9 Å². The summed E-state index contributed by atoms with van der Waals surface area (Å²) in [6.07, 6.45) is 4.26. The molecule has 3 aromatic rings. The van der Waals surface area contributed by atoms with Crippen LogP contribution in [0.15, 0.2) is 32.1 Å². The van der Waals surface area contributed by atoms with Gasteiger partial charge in [-0.15, -0.1) is 0 Å². The highest BCUT2D eigenvalue weighted by molar-refractivity contribution is 5.51. The molecule has 1 N–H and O–H groups in total. The molecular weight excluding hydrogens is 312 g/mol. The lowest BCUT2D eigenvalue weighted by molar-refractivity contribution is 0.190. The van der Waals surface area contributed by atoms with E-state index in [9.17, 15) is 0 Å². The van der Waals surface area contributed by atoms with Crippen LogP contribution in [0.5, 0.6) is 0 Å². The zero-order chi connectivity index (χ0) is 16.4. The van der Waals surface area contributed by atoms with Crippen LogP contribution in [0.25, 0.3) is 11.4 Å². The molecule has 1 fully saturated rings. The van der Waals surface area contributed by atoms with Crippen molar-refractivity contribution in [2.24, 2.45) is 0 Å². The molecule has 9 nitrogen and oxygen atoms in total. The van der Waals surface area contributed by atoms with Crippen molar-refractivity contribution in [3.8, 4) is 11.4 Å². The number of piperazine rings is 1. The molecule has 4 heterocycles. The van der Waals surface area contributed by atoms with E-state index in [1.165, 1.54) is 0 Å². The van der Waals surface area contributed by atoms with Gasteiger partial charge in [0, 0.05) is 32.5 Å². The van der Waals surface area contributed by atoms with Crippen LogP contribution in [-0.2, 0) is 12.8 Å². The molecule has 0 aromatic carbocycles. The van der Waals surface area contributed by atoms with E-state index in [0.717, 1.165) is 25.2 Å². The summed E-state index contributed by atoms with van der Waals surface area (Å²) < 4.78 is 15.6. The molecular formula is C15H18N6O3. The Morgan fingerprint density at radius 2 is 2.04 bits per heavy atom. The van der Waals surface area contributed by atoms with E-state index in [1.807, 2.05) is 0 Å². The highest BCUT2D eigenvalue weighted by Gasteiger charge is 2.25. The fourth-order valence-corrected chi connectivity index (χ4v) is 2.68. The standard InChI is InChI=1S/C15H18N6O3/c1-21-6-5-16-8-11(21)15-18-13(24-20-15)3-2-12-17-14(19-23-12)10-4-7-22-9-10/h4,7,9,11,16H,2-3,5-6,8H2,1H3. The first-order chi connectivity index (χ1) is 11.8. The molecule has 0 bridgehead atoms. The number of hydrogen-bond donors (Lipinski definition) is 1. The normalized spacial score (nSPS) is 19.0. The third-order valence-corrected chi connectivity index (χ3v) is 4.09. The van der Waals surface area contributed by atoms with Crippen LogP contribution < -0.4 is 5.32 Å². The summed E-state index contributed by atoms with van der Waals surface area (Å²) in [6.45, 7) is 2.77. The minimum Gasteiger partial charge on any atom is -0.472 e. The maximum atomic E-state index is 5.35. The smallest absolute Gasteiger partial charge is 0.227 e. The topological polar surface area (TPSA) is 106 Å². The molecule has 1 aliphatic rings. The summed E-state index contributed by atoms with van der Waals surface area (Å²) in [4.78, 5) is 11.0. The quantitative estimate of drug-likeness (QED) is 0.735. The number of likely N-dealkylation sites (N-methyl/N-ethyl adjacent to an activating group) is 1. The van der Waals surface area contributed by atoms with Crippen molar-refractivity contribution < 1.29 is 13.5 Å². The molecule has 126 valence electrons. The van der Waals surface area contributed by atoms with Crippen LogP contribution in [0.1, 0.15) is 23.6 Å². The summed E-state index contributed by atoms with van der Waals surface area (Å²) in [7, 11) is 2.07. The molecule has 0 aliphatic carbocycles. The van der Waals surface area contributed by atoms with Gasteiger partial charge in [0.05, 0.1) is 17.9 Å². The average Bonchev–Trinajstić information content (AvgIpc) is 3.34. The van der Waals surface area contributed by atoms with Crippen LogP contribution in [0.2, 0.25) is 0 Å². The number of hydrogen-bond acceptors (Lipinski definition) is 9. The fourth-order valence-electron chi connectivity index (χ4n) is 2.68. The van der Waals surface area contributed by atoms with E-state index in [0.29, 0.717) is 36.3 Å². The third kappa shape index (κ3) is 3.08. The van der Waals surface area contributed by atoms with Crippen molar-refractivity contribution in [2.75, 3.05) is 26.7 Å². The predicted octanol–water partition coefficient (Wildman–Crippen LogP) is 1.07. The Morgan fingerprint density at radius 3 is 2.83 bits per heavy atom. The maximum absolute atomic E-state index is 5.35. The molecule has 24 heavy (non-hydrogen) atoms. The first-order valence-corrected chi connectivity index (χ1v) is 7.88. The molecule has 0 amide bonds. The lowest BCUT2D eigenvalue weighted by Crippen LogP contribution is -2.44. The van der Waals surface area contributed by atoms with Gasteiger partial charge in [0.1, 0.15) is 6.26 Å². The number of aromatic nitrogens is 4. The zero-order valence-corrected chi connectivity index (χ0v) is 13.3. The van der Waals surface area contributed by atoms with Gasteiger partial charge in [-0.05, 0) is 13.1 Å². The van der Waals surface area contributed by atoms with E-state index >= 15 is 0 Å². The van der Waals surface area contributed by atoms with Gasteiger partial charge >= 0.3 is 0 Å². The van der Waals surface area contributed by atoms with Crippen LogP contribution in [-0.4, -0.2) is 51.9 Å². The first kappa shape index (κ1) is 15.0. The second-order valence-corrected chi connectivity index (χ2v) is 5.77. The SMILES string of the molecule is CN1CCNCC1c1noc(CCc2nc(-c3ccoc3)no2)n1. The third-order valence-electron chi connectivity index (χ3n) is 4.09. The molecule has 0 spiro atoms. The van der Waals surface area contributed by atoms with Crippen molar-refractivity contribution in [3.05, 3.63) is 36.2 Å². The molecule has 4 rings (SSSR count). The number of furan rings is 1. The second kappa shape index (κ2) is 6.54. The Kier molecular flexibility index (Phi) is 4.09. The molecule has 1 aliphatic heterocycles. The molecule has 3 aromatic heterocycles. The Morgan fingerprint density at radius 1 is 1.21 bits per heavy atom. The first-order valence-electron chi connectivity index (χ1n) is 7.88.